The zero-order chi connectivity index (χ0) is 32.8. The minimum absolute atomic E-state index is 0.149. The molecule has 0 aliphatic carbocycles. The summed E-state index contributed by atoms with van der Waals surface area (Å²) in [6, 6.07) is 6.45. The van der Waals surface area contributed by atoms with Gasteiger partial charge in [-0.1, -0.05) is 45.0 Å². The van der Waals surface area contributed by atoms with E-state index >= 15 is 0 Å². The quantitative estimate of drug-likeness (QED) is 0.361. The Morgan fingerprint density at radius 2 is 1.75 bits per heavy atom. The van der Waals surface area contributed by atoms with E-state index in [9.17, 15) is 19.2 Å². The molecule has 0 spiro atoms. The summed E-state index contributed by atoms with van der Waals surface area (Å²) in [5.74, 6) is -0.733. The van der Waals surface area contributed by atoms with Gasteiger partial charge in [0.1, 0.15) is 17.7 Å². The number of aryl methyl sites for hydroxylation is 1. The van der Waals surface area contributed by atoms with Gasteiger partial charge in [-0.05, 0) is 70.4 Å². The average molecular weight is 628 g/mol. The second-order valence-electron chi connectivity index (χ2n) is 13.7. The minimum Gasteiger partial charge on any atom is -0.444 e. The zero-order valence-electron chi connectivity index (χ0n) is 27.7. The van der Waals surface area contributed by atoms with Crippen molar-refractivity contribution >= 4 is 35.2 Å². The number of rotatable bonds is 10. The number of carbonyl (C=O) groups is 4. The fraction of sp³-hybridized carbons (Fsp3) is 0.606. The van der Waals surface area contributed by atoms with Gasteiger partial charge in [0.05, 0.1) is 22.1 Å². The Hall–Kier alpha value is -3.47. The molecule has 3 atom stereocenters. The number of hydrogen-bond donors (Lipinski definition) is 2. The molecule has 2 N–H and O–H groups in total. The van der Waals surface area contributed by atoms with Crippen molar-refractivity contribution in [2.24, 2.45) is 5.41 Å². The van der Waals surface area contributed by atoms with Crippen LogP contribution in [0, 0.1) is 12.3 Å². The van der Waals surface area contributed by atoms with Crippen molar-refractivity contribution < 1.29 is 23.9 Å². The van der Waals surface area contributed by atoms with Crippen LogP contribution in [0.25, 0.3) is 10.4 Å². The number of amides is 4. The van der Waals surface area contributed by atoms with Crippen LogP contribution in [0.5, 0.6) is 0 Å². The number of benzene rings is 1. The molecule has 1 saturated heterocycles. The third kappa shape index (κ3) is 9.51. The molecule has 3 unspecified atom stereocenters. The molecule has 10 nitrogen and oxygen atoms in total. The summed E-state index contributed by atoms with van der Waals surface area (Å²) in [4.78, 5) is 60.9. The summed E-state index contributed by atoms with van der Waals surface area (Å²) in [5, 5.41) is 6.02. The van der Waals surface area contributed by atoms with Crippen molar-refractivity contribution in [2.75, 3.05) is 20.1 Å². The van der Waals surface area contributed by atoms with Crippen molar-refractivity contribution in [3.05, 3.63) is 41.0 Å². The number of aromatic nitrogens is 1. The molecule has 1 fully saturated rings. The molecular formula is C33H49N5O5S. The molecule has 1 aliphatic heterocycles. The fourth-order valence-corrected chi connectivity index (χ4v) is 5.97. The van der Waals surface area contributed by atoms with Crippen LogP contribution in [-0.4, -0.2) is 76.4 Å². The lowest BCUT2D eigenvalue weighted by molar-refractivity contribution is -0.144. The molecule has 0 radical (unpaired) electrons. The summed E-state index contributed by atoms with van der Waals surface area (Å²) in [5.41, 5.74) is 3.71. The predicted molar refractivity (Wildman–Crippen MR) is 173 cm³/mol. The Morgan fingerprint density at radius 1 is 1.09 bits per heavy atom. The highest BCUT2D eigenvalue weighted by Gasteiger charge is 2.42. The normalized spacial score (nSPS) is 16.7. The van der Waals surface area contributed by atoms with Gasteiger partial charge < -0.3 is 25.2 Å². The Morgan fingerprint density at radius 3 is 2.32 bits per heavy atom. The maximum absolute atomic E-state index is 13.8. The first-order chi connectivity index (χ1) is 20.5. The van der Waals surface area contributed by atoms with E-state index in [2.05, 4.69) is 15.6 Å². The van der Waals surface area contributed by atoms with Gasteiger partial charge in [0.15, 0.2) is 0 Å². The molecule has 0 bridgehead atoms. The van der Waals surface area contributed by atoms with E-state index in [4.69, 9.17) is 4.74 Å². The van der Waals surface area contributed by atoms with E-state index in [1.165, 1.54) is 4.90 Å². The molecule has 242 valence electrons. The topological polar surface area (TPSA) is 121 Å². The number of thiazole rings is 1. The minimum atomic E-state index is -0.799. The highest BCUT2D eigenvalue weighted by molar-refractivity contribution is 7.13. The molecule has 1 aromatic heterocycles. The predicted octanol–water partition coefficient (Wildman–Crippen LogP) is 5.46. The number of nitrogens with one attached hydrogen (secondary N) is 2. The van der Waals surface area contributed by atoms with E-state index in [-0.39, 0.29) is 30.2 Å². The molecule has 44 heavy (non-hydrogen) atoms. The molecular weight excluding hydrogens is 578 g/mol. The van der Waals surface area contributed by atoms with Crippen LogP contribution in [0.1, 0.15) is 91.4 Å². The van der Waals surface area contributed by atoms with Crippen LogP contribution in [0.15, 0.2) is 29.8 Å². The maximum Gasteiger partial charge on any atom is 0.410 e. The summed E-state index contributed by atoms with van der Waals surface area (Å²) in [6.07, 6.45) is 1.40. The molecule has 1 aliphatic rings. The van der Waals surface area contributed by atoms with Crippen LogP contribution in [0.3, 0.4) is 0 Å². The highest BCUT2D eigenvalue weighted by atomic mass is 32.1. The molecule has 1 aromatic carbocycles. The van der Waals surface area contributed by atoms with Gasteiger partial charge in [-0.2, -0.15) is 0 Å². The van der Waals surface area contributed by atoms with E-state index in [0.29, 0.717) is 32.4 Å². The Balaban J connectivity index is 1.59. The van der Waals surface area contributed by atoms with Gasteiger partial charge in [0.25, 0.3) is 0 Å². The van der Waals surface area contributed by atoms with Crippen molar-refractivity contribution in [3.8, 4) is 10.4 Å². The fourth-order valence-electron chi connectivity index (χ4n) is 5.15. The van der Waals surface area contributed by atoms with Crippen LogP contribution in [-0.2, 0) is 19.1 Å². The molecule has 0 saturated carbocycles. The van der Waals surface area contributed by atoms with Crippen molar-refractivity contribution in [2.45, 2.75) is 105 Å². The van der Waals surface area contributed by atoms with Crippen molar-refractivity contribution in [1.82, 2.24) is 25.4 Å². The lowest BCUT2D eigenvalue weighted by atomic mass is 9.85. The van der Waals surface area contributed by atoms with Gasteiger partial charge in [-0.15, -0.1) is 11.3 Å². The van der Waals surface area contributed by atoms with Gasteiger partial charge in [-0.25, -0.2) is 9.78 Å². The number of ether oxygens (including phenoxy) is 1. The third-order valence-corrected chi connectivity index (χ3v) is 8.61. The maximum atomic E-state index is 13.8. The summed E-state index contributed by atoms with van der Waals surface area (Å²) in [7, 11) is 1.63. The van der Waals surface area contributed by atoms with Gasteiger partial charge in [0, 0.05) is 26.6 Å². The summed E-state index contributed by atoms with van der Waals surface area (Å²) < 4.78 is 5.36. The summed E-state index contributed by atoms with van der Waals surface area (Å²) >= 11 is 1.60. The first-order valence-corrected chi connectivity index (χ1v) is 16.2. The van der Waals surface area contributed by atoms with Crippen molar-refractivity contribution in [1.29, 1.82) is 0 Å². The zero-order valence-corrected chi connectivity index (χ0v) is 28.5. The van der Waals surface area contributed by atoms with E-state index in [1.54, 1.807) is 44.1 Å². The Bertz CT molecular complexity index is 1310. The van der Waals surface area contributed by atoms with Crippen LogP contribution >= 0.6 is 11.3 Å². The molecule has 11 heteroatoms. The lowest BCUT2D eigenvalue weighted by Gasteiger charge is -2.35. The third-order valence-electron chi connectivity index (χ3n) is 7.64. The SMILES string of the molecule is Cc1ncsc1-c1ccc(C(C)NC(=O)C2CCCN2C(=O)C(NC(=O)CCCN(C)C(=O)OC(C)(C)C)C(C)(C)C)cc1. The van der Waals surface area contributed by atoms with Gasteiger partial charge in [-0.3, -0.25) is 14.4 Å². The second-order valence-corrected chi connectivity index (χ2v) is 14.5. The molecule has 3 rings (SSSR count). The first kappa shape index (κ1) is 35.0. The summed E-state index contributed by atoms with van der Waals surface area (Å²) in [6.45, 7) is 15.8. The van der Waals surface area contributed by atoms with Crippen LogP contribution in [0.2, 0.25) is 0 Å². The van der Waals surface area contributed by atoms with Crippen LogP contribution in [0.4, 0.5) is 4.79 Å². The van der Waals surface area contributed by atoms with E-state index < -0.39 is 29.2 Å². The molecule has 4 amide bonds. The first-order valence-electron chi connectivity index (χ1n) is 15.3. The smallest absolute Gasteiger partial charge is 0.410 e. The van der Waals surface area contributed by atoms with E-state index in [1.807, 2.05) is 64.4 Å². The lowest BCUT2D eigenvalue weighted by Crippen LogP contribution is -2.57. The number of likely N-dealkylation sites (tertiary alicyclic amines) is 1. The molecule has 2 heterocycles. The number of hydrogen-bond acceptors (Lipinski definition) is 7. The highest BCUT2D eigenvalue weighted by Crippen LogP contribution is 2.29. The Kier molecular flexibility index (Phi) is 11.6. The Labute approximate surface area is 265 Å². The molecule has 2 aromatic rings. The van der Waals surface area contributed by atoms with Gasteiger partial charge in [0.2, 0.25) is 17.7 Å². The standard InChI is InChI=1S/C33H49N5O5S/c1-21(23-14-16-24(17-15-23)27-22(2)34-20-44-27)35-29(40)25-12-10-19-38(25)30(41)28(32(3,4)5)36-26(39)13-11-18-37(9)31(42)43-33(6,7)8/h14-17,20-21,25,28H,10-13,18-19H2,1-9H3,(H,35,40)(H,36,39). The van der Waals surface area contributed by atoms with Crippen LogP contribution < -0.4 is 10.6 Å². The number of nitrogens with zero attached hydrogens (tertiary/aromatic N) is 3. The van der Waals surface area contributed by atoms with Crippen molar-refractivity contribution in [3.63, 3.8) is 0 Å². The monoisotopic (exact) mass is 627 g/mol. The van der Waals surface area contributed by atoms with E-state index in [0.717, 1.165) is 21.7 Å². The average Bonchev–Trinajstić information content (AvgIpc) is 3.59. The largest absolute Gasteiger partial charge is 0.444 e. The van der Waals surface area contributed by atoms with Gasteiger partial charge >= 0.3 is 6.09 Å². The number of carbonyl (C=O) groups excluding carboxylic acids is 4. The second kappa shape index (κ2) is 14.5.